The molecule has 1 aliphatic heterocycles. The van der Waals surface area contributed by atoms with Crippen molar-refractivity contribution in [1.29, 1.82) is 0 Å². The van der Waals surface area contributed by atoms with Crippen molar-refractivity contribution in [3.8, 4) is 11.5 Å². The van der Waals surface area contributed by atoms with Gasteiger partial charge in [-0.1, -0.05) is 12.1 Å². The van der Waals surface area contributed by atoms with E-state index in [2.05, 4.69) is 0 Å². The molecule has 1 fully saturated rings. The van der Waals surface area contributed by atoms with Crippen molar-refractivity contribution < 1.29 is 22.7 Å². The minimum Gasteiger partial charge on any atom is -0.497 e. The Balaban J connectivity index is 1.58. The van der Waals surface area contributed by atoms with Crippen LogP contribution < -0.4 is 9.47 Å². The smallest absolute Gasteiger partial charge is 0.260 e. The highest BCUT2D eigenvalue weighted by atomic mass is 32.2. The van der Waals surface area contributed by atoms with E-state index in [-0.39, 0.29) is 30.5 Å². The molecule has 0 spiro atoms. The number of rotatable bonds is 6. The summed E-state index contributed by atoms with van der Waals surface area (Å²) in [5.74, 6) is 1.20. The number of carbonyl (C=O) groups excluding carboxylic acids is 1. The molecule has 2 aromatic carbocycles. The van der Waals surface area contributed by atoms with Crippen LogP contribution in [0.2, 0.25) is 0 Å². The minimum absolute atomic E-state index is 0.0592. The highest BCUT2D eigenvalue weighted by Gasteiger charge is 2.30. The molecule has 1 amide bonds. The lowest BCUT2D eigenvalue weighted by molar-refractivity contribution is -0.134. The van der Waals surface area contributed by atoms with Gasteiger partial charge in [0, 0.05) is 26.2 Å². The fraction of sp³-hybridized carbons (Fsp3) is 0.409. The van der Waals surface area contributed by atoms with E-state index in [0.29, 0.717) is 18.8 Å². The van der Waals surface area contributed by atoms with Crippen LogP contribution in [0.1, 0.15) is 16.7 Å². The maximum Gasteiger partial charge on any atom is 0.260 e. The van der Waals surface area contributed by atoms with E-state index >= 15 is 0 Å². The highest BCUT2D eigenvalue weighted by molar-refractivity contribution is 7.89. The average Bonchev–Trinajstić information content (AvgIpc) is 2.76. The quantitative estimate of drug-likeness (QED) is 0.701. The number of piperazine rings is 1. The van der Waals surface area contributed by atoms with Crippen molar-refractivity contribution in [2.75, 3.05) is 39.9 Å². The topological polar surface area (TPSA) is 76.2 Å². The van der Waals surface area contributed by atoms with Gasteiger partial charge in [-0.3, -0.25) is 4.79 Å². The Morgan fingerprint density at radius 2 is 1.53 bits per heavy atom. The first-order valence-corrected chi connectivity index (χ1v) is 11.3. The molecule has 0 saturated carbocycles. The van der Waals surface area contributed by atoms with E-state index in [4.69, 9.17) is 9.47 Å². The second-order valence-corrected chi connectivity index (χ2v) is 9.34. The molecule has 30 heavy (non-hydrogen) atoms. The predicted molar refractivity (Wildman–Crippen MR) is 114 cm³/mol. The third-order valence-corrected chi connectivity index (χ3v) is 7.41. The van der Waals surface area contributed by atoms with Crippen molar-refractivity contribution >= 4 is 15.9 Å². The molecule has 0 radical (unpaired) electrons. The Bertz CT molecular complexity index is 1010. The number of methoxy groups -OCH3 is 1. The number of ether oxygens (including phenoxy) is 2. The first-order valence-electron chi connectivity index (χ1n) is 9.85. The molecule has 0 aromatic heterocycles. The summed E-state index contributed by atoms with van der Waals surface area (Å²) in [6, 6.07) is 10.3. The molecular formula is C22H28N2O5S. The van der Waals surface area contributed by atoms with Crippen LogP contribution in [0.15, 0.2) is 41.3 Å². The molecule has 0 atom stereocenters. The average molecular weight is 433 g/mol. The van der Waals surface area contributed by atoms with E-state index in [1.807, 2.05) is 32.9 Å². The lowest BCUT2D eigenvalue weighted by Gasteiger charge is -2.34. The van der Waals surface area contributed by atoms with E-state index < -0.39 is 10.0 Å². The molecule has 162 valence electrons. The van der Waals surface area contributed by atoms with Crippen molar-refractivity contribution in [3.05, 3.63) is 53.1 Å². The summed E-state index contributed by atoms with van der Waals surface area (Å²) in [4.78, 5) is 14.5. The lowest BCUT2D eigenvalue weighted by atomic mass is 10.1. The number of aryl methyl sites for hydroxylation is 2. The lowest BCUT2D eigenvalue weighted by Crippen LogP contribution is -2.51. The van der Waals surface area contributed by atoms with Crippen LogP contribution >= 0.6 is 0 Å². The molecule has 1 heterocycles. The molecule has 8 heteroatoms. The molecule has 0 N–H and O–H groups in total. The Morgan fingerprint density at radius 3 is 2.13 bits per heavy atom. The van der Waals surface area contributed by atoms with Crippen molar-refractivity contribution in [2.24, 2.45) is 0 Å². The number of carbonyl (C=O) groups is 1. The summed E-state index contributed by atoms with van der Waals surface area (Å²) in [6.07, 6.45) is 0. The van der Waals surface area contributed by atoms with Gasteiger partial charge in [-0.05, 0) is 61.7 Å². The maximum absolute atomic E-state index is 12.8. The largest absolute Gasteiger partial charge is 0.497 e. The molecule has 7 nitrogen and oxygen atoms in total. The molecular weight excluding hydrogens is 404 g/mol. The molecule has 2 aromatic rings. The molecule has 0 bridgehead atoms. The van der Waals surface area contributed by atoms with Gasteiger partial charge in [0.05, 0.1) is 12.0 Å². The third-order valence-electron chi connectivity index (χ3n) is 5.50. The van der Waals surface area contributed by atoms with Crippen LogP contribution in [0, 0.1) is 20.8 Å². The standard InChI is InChI=1S/C22H28N2O5S/c1-16-5-6-17(2)22(18(16)3)29-15-21(25)23-11-13-24(14-12-23)30(26,27)20-9-7-19(28-4)8-10-20/h5-10H,11-15H2,1-4H3. The molecule has 1 saturated heterocycles. The second kappa shape index (κ2) is 9.06. The minimum atomic E-state index is -3.60. The van der Waals surface area contributed by atoms with Gasteiger partial charge < -0.3 is 14.4 Å². The second-order valence-electron chi connectivity index (χ2n) is 7.40. The van der Waals surface area contributed by atoms with Gasteiger partial charge in [0.15, 0.2) is 6.61 Å². The van der Waals surface area contributed by atoms with Crippen LogP contribution in [0.4, 0.5) is 0 Å². The zero-order chi connectivity index (χ0) is 21.9. The Hall–Kier alpha value is -2.58. The predicted octanol–water partition coefficient (Wildman–Crippen LogP) is 2.53. The number of benzene rings is 2. The van der Waals surface area contributed by atoms with Gasteiger partial charge >= 0.3 is 0 Å². The Morgan fingerprint density at radius 1 is 0.933 bits per heavy atom. The summed E-state index contributed by atoms with van der Waals surface area (Å²) < 4.78 is 38.0. The molecule has 0 aliphatic carbocycles. The summed E-state index contributed by atoms with van der Waals surface area (Å²) in [6.45, 7) is 7.06. The Labute approximate surface area is 178 Å². The van der Waals surface area contributed by atoms with Crippen molar-refractivity contribution in [2.45, 2.75) is 25.7 Å². The number of hydrogen-bond donors (Lipinski definition) is 0. The van der Waals surface area contributed by atoms with Crippen molar-refractivity contribution in [3.63, 3.8) is 0 Å². The third kappa shape index (κ3) is 4.60. The number of sulfonamides is 1. The fourth-order valence-corrected chi connectivity index (χ4v) is 4.87. The summed E-state index contributed by atoms with van der Waals surface area (Å²) in [5.41, 5.74) is 3.12. The SMILES string of the molecule is COc1ccc(S(=O)(=O)N2CCN(C(=O)COc3c(C)ccc(C)c3C)CC2)cc1. The summed E-state index contributed by atoms with van der Waals surface area (Å²) >= 11 is 0. The van der Waals surface area contributed by atoms with Crippen molar-refractivity contribution in [1.82, 2.24) is 9.21 Å². The van der Waals surface area contributed by atoms with Crippen LogP contribution in [0.5, 0.6) is 11.5 Å². The maximum atomic E-state index is 12.8. The van der Waals surface area contributed by atoms with Crippen LogP contribution in [0.25, 0.3) is 0 Å². The van der Waals surface area contributed by atoms with Crippen LogP contribution in [0.3, 0.4) is 0 Å². The molecule has 0 unspecified atom stereocenters. The highest BCUT2D eigenvalue weighted by Crippen LogP contribution is 2.26. The van der Waals surface area contributed by atoms with Gasteiger partial charge in [-0.15, -0.1) is 0 Å². The number of nitrogens with zero attached hydrogens (tertiary/aromatic N) is 2. The van der Waals surface area contributed by atoms with Gasteiger partial charge in [-0.2, -0.15) is 4.31 Å². The summed E-state index contributed by atoms with van der Waals surface area (Å²) in [5, 5.41) is 0. The van der Waals surface area contributed by atoms with E-state index in [1.165, 1.54) is 23.5 Å². The molecule has 3 rings (SSSR count). The number of hydrogen-bond acceptors (Lipinski definition) is 5. The van der Waals surface area contributed by atoms with Gasteiger partial charge in [-0.25, -0.2) is 8.42 Å². The zero-order valence-electron chi connectivity index (χ0n) is 17.8. The van der Waals surface area contributed by atoms with Gasteiger partial charge in [0.25, 0.3) is 5.91 Å². The summed E-state index contributed by atoms with van der Waals surface area (Å²) in [7, 11) is -2.07. The van der Waals surface area contributed by atoms with Crippen LogP contribution in [-0.2, 0) is 14.8 Å². The Kier molecular flexibility index (Phi) is 6.67. The number of amides is 1. The van der Waals surface area contributed by atoms with Gasteiger partial charge in [0.2, 0.25) is 10.0 Å². The first-order chi connectivity index (χ1) is 14.2. The van der Waals surface area contributed by atoms with Crippen LogP contribution in [-0.4, -0.2) is 63.4 Å². The zero-order valence-corrected chi connectivity index (χ0v) is 18.7. The van der Waals surface area contributed by atoms with Gasteiger partial charge in [0.1, 0.15) is 11.5 Å². The first kappa shape index (κ1) is 22.1. The van der Waals surface area contributed by atoms with E-state index in [9.17, 15) is 13.2 Å². The normalized spacial score (nSPS) is 15.1. The monoisotopic (exact) mass is 432 g/mol. The van der Waals surface area contributed by atoms with E-state index in [0.717, 1.165) is 22.4 Å². The molecule has 1 aliphatic rings. The fourth-order valence-electron chi connectivity index (χ4n) is 3.45. The van der Waals surface area contributed by atoms with E-state index in [1.54, 1.807) is 17.0 Å².